The molecule has 2 rings (SSSR count). The summed E-state index contributed by atoms with van der Waals surface area (Å²) in [6.45, 7) is 6.02. The minimum atomic E-state index is -0.412. The molecule has 0 radical (unpaired) electrons. The van der Waals surface area contributed by atoms with Crippen LogP contribution in [0.1, 0.15) is 30.4 Å². The Labute approximate surface area is 135 Å². The zero-order chi connectivity index (χ0) is 15.2. The van der Waals surface area contributed by atoms with Crippen LogP contribution in [0.15, 0.2) is 71.2 Å². The Balaban J connectivity index is 2.18. The summed E-state index contributed by atoms with van der Waals surface area (Å²) < 4.78 is 1.05. The molecule has 0 aliphatic heterocycles. The summed E-state index contributed by atoms with van der Waals surface area (Å²) in [5, 5.41) is 10.7. The molecule has 0 saturated carbocycles. The first-order chi connectivity index (χ1) is 10.1. The van der Waals surface area contributed by atoms with Crippen LogP contribution in [0.25, 0.3) is 0 Å². The summed E-state index contributed by atoms with van der Waals surface area (Å²) in [6, 6.07) is 18.3. The molecule has 0 bridgehead atoms. The van der Waals surface area contributed by atoms with Gasteiger partial charge in [0.2, 0.25) is 0 Å². The number of rotatable bonds is 6. The number of aliphatic hydroxyl groups excluding tert-OH is 1. The second-order valence-electron chi connectivity index (χ2n) is 5.58. The van der Waals surface area contributed by atoms with E-state index >= 15 is 0 Å². The maximum Gasteiger partial charge on any atom is 0.0652 e. The predicted molar refractivity (Wildman–Crippen MR) is 92.5 cm³/mol. The molecule has 2 aromatic rings. The fourth-order valence-electron chi connectivity index (χ4n) is 2.56. The van der Waals surface area contributed by atoms with Crippen molar-refractivity contribution in [3.05, 3.63) is 82.3 Å². The first kappa shape index (κ1) is 16.0. The normalized spacial score (nSPS) is 13.7. The van der Waals surface area contributed by atoms with Gasteiger partial charge in [-0.25, -0.2) is 0 Å². The molecule has 0 aliphatic carbocycles. The first-order valence-electron chi connectivity index (χ1n) is 7.18. The highest BCUT2D eigenvalue weighted by Crippen LogP contribution is 2.29. The lowest BCUT2D eigenvalue weighted by atomic mass is 9.85. The van der Waals surface area contributed by atoms with Crippen LogP contribution in [0.3, 0.4) is 0 Å². The zero-order valence-electron chi connectivity index (χ0n) is 12.3. The topological polar surface area (TPSA) is 20.2 Å². The third kappa shape index (κ3) is 4.83. The molecule has 0 unspecified atom stereocenters. The Bertz CT molecular complexity index is 574. The summed E-state index contributed by atoms with van der Waals surface area (Å²) in [4.78, 5) is 0. The smallest absolute Gasteiger partial charge is 0.0652 e. The minimum absolute atomic E-state index is 0.0795. The highest BCUT2D eigenvalue weighted by atomic mass is 79.9. The van der Waals surface area contributed by atoms with Gasteiger partial charge in [0.1, 0.15) is 0 Å². The average molecular weight is 345 g/mol. The van der Waals surface area contributed by atoms with Crippen LogP contribution in [-0.2, 0) is 6.42 Å². The Kier molecular flexibility index (Phi) is 5.77. The first-order valence-corrected chi connectivity index (χ1v) is 7.97. The maximum absolute atomic E-state index is 10.7. The number of halogens is 1. The monoisotopic (exact) mass is 344 g/mol. The van der Waals surface area contributed by atoms with Crippen molar-refractivity contribution < 1.29 is 5.11 Å². The molecular formula is C19H21BrO. The molecular weight excluding hydrogens is 324 g/mol. The van der Waals surface area contributed by atoms with Crippen LogP contribution < -0.4 is 0 Å². The van der Waals surface area contributed by atoms with Gasteiger partial charge in [-0.05, 0) is 43.0 Å². The van der Waals surface area contributed by atoms with Crippen molar-refractivity contribution in [3.8, 4) is 0 Å². The Morgan fingerprint density at radius 1 is 1.10 bits per heavy atom. The Morgan fingerprint density at radius 3 is 2.29 bits per heavy atom. The van der Waals surface area contributed by atoms with E-state index in [2.05, 4.69) is 46.8 Å². The van der Waals surface area contributed by atoms with Gasteiger partial charge in [-0.1, -0.05) is 64.0 Å². The van der Waals surface area contributed by atoms with Gasteiger partial charge >= 0.3 is 0 Å². The van der Waals surface area contributed by atoms with Crippen molar-refractivity contribution in [1.29, 1.82) is 0 Å². The van der Waals surface area contributed by atoms with Crippen LogP contribution in [-0.4, -0.2) is 11.2 Å². The molecule has 1 nitrogen and oxygen atoms in total. The maximum atomic E-state index is 10.7. The number of aliphatic hydroxyl groups is 1. The molecule has 2 heteroatoms. The summed E-state index contributed by atoms with van der Waals surface area (Å²) in [7, 11) is 0. The molecule has 0 spiro atoms. The van der Waals surface area contributed by atoms with Gasteiger partial charge in [0, 0.05) is 10.4 Å². The molecule has 2 aromatic carbocycles. The number of allylic oxidation sites excluding steroid dienone is 1. The van der Waals surface area contributed by atoms with Gasteiger partial charge in [0.25, 0.3) is 0 Å². The number of benzene rings is 2. The van der Waals surface area contributed by atoms with Gasteiger partial charge < -0.3 is 5.11 Å². The molecule has 0 amide bonds. The van der Waals surface area contributed by atoms with Crippen molar-refractivity contribution in [2.75, 3.05) is 0 Å². The molecule has 21 heavy (non-hydrogen) atoms. The van der Waals surface area contributed by atoms with Crippen molar-refractivity contribution in [3.63, 3.8) is 0 Å². The standard InChI is InChI=1S/C19H21BrO/c1-14(2)12-18(16-8-10-17(20)11-9-16)19(21)13-15-6-4-3-5-7-15/h3-11,18-19,21H,1,12-13H2,2H3/t18-,19-/m0/s1. The average Bonchev–Trinajstić information content (AvgIpc) is 2.46. The van der Waals surface area contributed by atoms with Crippen molar-refractivity contribution in [2.24, 2.45) is 0 Å². The predicted octanol–water partition coefficient (Wildman–Crippen LogP) is 5.10. The highest BCUT2D eigenvalue weighted by Gasteiger charge is 2.21. The van der Waals surface area contributed by atoms with E-state index < -0.39 is 6.10 Å². The lowest BCUT2D eigenvalue weighted by Crippen LogP contribution is -2.21. The van der Waals surface area contributed by atoms with Crippen LogP contribution >= 0.6 is 15.9 Å². The van der Waals surface area contributed by atoms with E-state index in [9.17, 15) is 5.11 Å². The highest BCUT2D eigenvalue weighted by molar-refractivity contribution is 9.10. The largest absolute Gasteiger partial charge is 0.392 e. The molecule has 0 heterocycles. The van der Waals surface area contributed by atoms with Crippen LogP contribution in [0.5, 0.6) is 0 Å². The van der Waals surface area contributed by atoms with Crippen LogP contribution in [0, 0.1) is 0 Å². The van der Waals surface area contributed by atoms with Gasteiger partial charge in [0.05, 0.1) is 6.10 Å². The van der Waals surface area contributed by atoms with E-state index in [1.165, 1.54) is 0 Å². The Hall–Kier alpha value is -1.38. The van der Waals surface area contributed by atoms with E-state index in [1.54, 1.807) is 0 Å². The van der Waals surface area contributed by atoms with Crippen molar-refractivity contribution >= 4 is 15.9 Å². The second-order valence-corrected chi connectivity index (χ2v) is 6.49. The zero-order valence-corrected chi connectivity index (χ0v) is 13.9. The van der Waals surface area contributed by atoms with Gasteiger partial charge in [-0.2, -0.15) is 0 Å². The lowest BCUT2D eigenvalue weighted by molar-refractivity contribution is 0.142. The third-order valence-electron chi connectivity index (χ3n) is 3.62. The summed E-state index contributed by atoms with van der Waals surface area (Å²) in [6.07, 6.45) is 1.05. The van der Waals surface area contributed by atoms with Crippen LogP contribution in [0.4, 0.5) is 0 Å². The fourth-order valence-corrected chi connectivity index (χ4v) is 2.82. The van der Waals surface area contributed by atoms with E-state index in [0.717, 1.165) is 27.6 Å². The van der Waals surface area contributed by atoms with E-state index in [1.807, 2.05) is 37.3 Å². The molecule has 0 fully saturated rings. The summed E-state index contributed by atoms with van der Waals surface area (Å²) >= 11 is 3.46. The van der Waals surface area contributed by atoms with Crippen LogP contribution in [0.2, 0.25) is 0 Å². The summed E-state index contributed by atoms with van der Waals surface area (Å²) in [5.41, 5.74) is 3.41. The third-order valence-corrected chi connectivity index (χ3v) is 4.15. The molecule has 0 saturated heterocycles. The molecule has 2 atom stereocenters. The van der Waals surface area contributed by atoms with Gasteiger partial charge in [-0.3, -0.25) is 0 Å². The van der Waals surface area contributed by atoms with Crippen molar-refractivity contribution in [1.82, 2.24) is 0 Å². The molecule has 0 aromatic heterocycles. The van der Waals surface area contributed by atoms with E-state index in [0.29, 0.717) is 6.42 Å². The SMILES string of the molecule is C=C(C)C[C@@H](c1ccc(Br)cc1)[C@@H](O)Cc1ccccc1. The number of hydrogen-bond acceptors (Lipinski definition) is 1. The summed E-state index contributed by atoms with van der Waals surface area (Å²) in [5.74, 6) is 0.0795. The number of hydrogen-bond donors (Lipinski definition) is 1. The van der Waals surface area contributed by atoms with Crippen molar-refractivity contribution in [2.45, 2.75) is 31.8 Å². The second kappa shape index (κ2) is 7.58. The van der Waals surface area contributed by atoms with Gasteiger partial charge in [0.15, 0.2) is 0 Å². The lowest BCUT2D eigenvalue weighted by Gasteiger charge is -2.24. The fraction of sp³-hybridized carbons (Fsp3) is 0.263. The van der Waals surface area contributed by atoms with Gasteiger partial charge in [-0.15, -0.1) is 6.58 Å². The Morgan fingerprint density at radius 2 is 1.71 bits per heavy atom. The quantitative estimate of drug-likeness (QED) is 0.722. The molecule has 1 N–H and O–H groups in total. The van der Waals surface area contributed by atoms with E-state index in [4.69, 9.17) is 0 Å². The molecule has 110 valence electrons. The van der Waals surface area contributed by atoms with E-state index in [-0.39, 0.29) is 5.92 Å². The minimum Gasteiger partial charge on any atom is -0.392 e. The molecule has 0 aliphatic rings.